The molecule has 0 saturated carbocycles. The van der Waals surface area contributed by atoms with E-state index in [-0.39, 0.29) is 12.6 Å². The van der Waals surface area contributed by atoms with Crippen LogP contribution in [0.15, 0.2) is 41.9 Å². The molecule has 0 heterocycles. The molecule has 2 N–H and O–H groups in total. The molecule has 0 aliphatic carbocycles. The van der Waals surface area contributed by atoms with Crippen LogP contribution in [-0.2, 0) is 23.7 Å². The Morgan fingerprint density at radius 3 is 2.47 bits per heavy atom. The van der Waals surface area contributed by atoms with Crippen molar-refractivity contribution in [1.29, 1.82) is 0 Å². The number of guanidine groups is 1. The summed E-state index contributed by atoms with van der Waals surface area (Å²) in [5.41, 5.74) is -0.124. The summed E-state index contributed by atoms with van der Waals surface area (Å²) < 4.78 is 20.6. The van der Waals surface area contributed by atoms with Gasteiger partial charge in [-0.3, -0.25) is 4.79 Å². The normalized spacial score (nSPS) is 14.0. The minimum atomic E-state index is -0.765. The maximum atomic E-state index is 12.8. The maximum absolute atomic E-state index is 12.8. The highest BCUT2D eigenvalue weighted by Crippen LogP contribution is 2.24. The topological polar surface area (TPSA) is 125 Å². The van der Waals surface area contributed by atoms with Gasteiger partial charge in [0.1, 0.15) is 5.60 Å². The summed E-state index contributed by atoms with van der Waals surface area (Å²) in [6.45, 7) is 12.1. The first-order valence-electron chi connectivity index (χ1n) is 12.7. The van der Waals surface area contributed by atoms with Gasteiger partial charge in [-0.15, -0.1) is 11.6 Å². The van der Waals surface area contributed by atoms with Crippen molar-refractivity contribution >= 4 is 24.5 Å². The van der Waals surface area contributed by atoms with Gasteiger partial charge in [0.15, 0.2) is 0 Å². The van der Waals surface area contributed by atoms with Crippen molar-refractivity contribution in [1.82, 2.24) is 10.6 Å². The fourth-order valence-electron chi connectivity index (χ4n) is 3.81. The zero-order chi connectivity index (χ0) is 28.6. The SMILES string of the molecule is C=CCCC(CC)(CCOC)N/C(=N\C(=O)OC(C)(C)C)N[C@H](CCOC=O)c1cccc(C(=O)OC)c1. The molecule has 0 fully saturated rings. The van der Waals surface area contributed by atoms with Gasteiger partial charge in [0.2, 0.25) is 5.96 Å². The summed E-state index contributed by atoms with van der Waals surface area (Å²) in [5, 5.41) is 6.75. The number of rotatable bonds is 15. The van der Waals surface area contributed by atoms with E-state index in [2.05, 4.69) is 22.2 Å². The molecule has 0 saturated heterocycles. The first kappa shape index (κ1) is 32.6. The van der Waals surface area contributed by atoms with Crippen molar-refractivity contribution in [3.05, 3.63) is 48.0 Å². The highest BCUT2D eigenvalue weighted by molar-refractivity contribution is 5.91. The van der Waals surface area contributed by atoms with Crippen LogP contribution in [0.5, 0.6) is 0 Å². The quantitative estimate of drug-likeness (QED) is 0.0628. The molecule has 1 amide bonds. The number of benzene rings is 1. The first-order valence-corrected chi connectivity index (χ1v) is 12.7. The van der Waals surface area contributed by atoms with E-state index in [1.807, 2.05) is 19.1 Å². The Hall–Kier alpha value is -3.40. The lowest BCUT2D eigenvalue weighted by atomic mass is 9.87. The van der Waals surface area contributed by atoms with Crippen LogP contribution in [0.25, 0.3) is 0 Å². The minimum absolute atomic E-state index is 0.0996. The van der Waals surface area contributed by atoms with Gasteiger partial charge in [-0.2, -0.15) is 0 Å². The van der Waals surface area contributed by atoms with Crippen LogP contribution >= 0.6 is 0 Å². The monoisotopic (exact) mass is 533 g/mol. The van der Waals surface area contributed by atoms with Gasteiger partial charge >= 0.3 is 12.1 Å². The average Bonchev–Trinajstić information content (AvgIpc) is 2.88. The van der Waals surface area contributed by atoms with Gasteiger partial charge in [0.05, 0.1) is 25.3 Å². The number of aliphatic imine (C=N–C) groups is 1. The largest absolute Gasteiger partial charge is 0.468 e. The van der Waals surface area contributed by atoms with E-state index in [9.17, 15) is 14.4 Å². The number of nitrogens with zero attached hydrogens (tertiary/aromatic N) is 1. The zero-order valence-corrected chi connectivity index (χ0v) is 23.5. The lowest BCUT2D eigenvalue weighted by molar-refractivity contribution is -0.128. The van der Waals surface area contributed by atoms with E-state index in [4.69, 9.17) is 18.9 Å². The standard InChI is InChI=1S/C28H43N3O7/c1-8-10-15-28(9-2,16-18-35-6)31-25(30-26(34)38-27(3,4)5)29-23(14-17-37-20-32)21-12-11-13-22(19-21)24(33)36-7/h8,11-13,19-20,23H,1,9-10,14-18H2,2-7H3,(H2,29,30,31,34)/t23-,28?/m1/s1. The smallest absolute Gasteiger partial charge is 0.437 e. The highest BCUT2D eigenvalue weighted by Gasteiger charge is 2.30. The molecule has 0 bridgehead atoms. The Morgan fingerprint density at radius 2 is 1.89 bits per heavy atom. The fraction of sp³-hybridized carbons (Fsp3) is 0.571. The molecule has 0 aromatic heterocycles. The Bertz CT molecular complexity index is 943. The third-order valence-electron chi connectivity index (χ3n) is 5.88. The van der Waals surface area contributed by atoms with E-state index in [0.717, 1.165) is 19.3 Å². The van der Waals surface area contributed by atoms with Gasteiger partial charge in [-0.05, 0) is 64.2 Å². The number of allylic oxidation sites excluding steroid dienone is 1. The summed E-state index contributed by atoms with van der Waals surface area (Å²) in [6, 6.07) is 6.40. The molecular formula is C28H43N3O7. The van der Waals surface area contributed by atoms with Crippen LogP contribution in [0.3, 0.4) is 0 Å². The van der Waals surface area contributed by atoms with Gasteiger partial charge in [-0.1, -0.05) is 25.1 Å². The molecule has 212 valence electrons. The van der Waals surface area contributed by atoms with Crippen molar-refractivity contribution in [2.24, 2.45) is 4.99 Å². The van der Waals surface area contributed by atoms with Crippen LogP contribution in [0.4, 0.5) is 4.79 Å². The van der Waals surface area contributed by atoms with Crippen LogP contribution in [-0.4, -0.2) is 63.1 Å². The van der Waals surface area contributed by atoms with Crippen LogP contribution in [0.1, 0.15) is 81.8 Å². The van der Waals surface area contributed by atoms with Crippen LogP contribution in [0.2, 0.25) is 0 Å². The first-order chi connectivity index (χ1) is 18.0. The van der Waals surface area contributed by atoms with E-state index in [1.165, 1.54) is 7.11 Å². The molecule has 10 nitrogen and oxygen atoms in total. The third kappa shape index (κ3) is 11.8. The minimum Gasteiger partial charge on any atom is -0.468 e. The van der Waals surface area contributed by atoms with E-state index in [1.54, 1.807) is 46.1 Å². The average molecular weight is 534 g/mol. The molecule has 1 rings (SSSR count). The summed E-state index contributed by atoms with van der Waals surface area (Å²) >= 11 is 0. The molecule has 2 atom stereocenters. The maximum Gasteiger partial charge on any atom is 0.437 e. The van der Waals surface area contributed by atoms with Crippen molar-refractivity contribution in [3.63, 3.8) is 0 Å². The Morgan fingerprint density at radius 1 is 1.16 bits per heavy atom. The number of carbonyl (C=O) groups excluding carboxylic acids is 3. The Labute approximate surface area is 226 Å². The van der Waals surface area contributed by atoms with Gasteiger partial charge < -0.3 is 29.6 Å². The second kappa shape index (κ2) is 16.4. The molecule has 0 radical (unpaired) electrons. The number of hydrogen-bond donors (Lipinski definition) is 2. The molecule has 38 heavy (non-hydrogen) atoms. The van der Waals surface area contributed by atoms with Crippen LogP contribution < -0.4 is 10.6 Å². The highest BCUT2D eigenvalue weighted by atomic mass is 16.6. The zero-order valence-electron chi connectivity index (χ0n) is 23.5. The summed E-state index contributed by atoms with van der Waals surface area (Å²) in [6.07, 6.45) is 4.25. The molecule has 0 spiro atoms. The van der Waals surface area contributed by atoms with E-state index in [0.29, 0.717) is 37.0 Å². The summed E-state index contributed by atoms with van der Waals surface area (Å²) in [5.74, 6) is -0.287. The fourth-order valence-corrected chi connectivity index (χ4v) is 3.81. The summed E-state index contributed by atoms with van der Waals surface area (Å²) in [7, 11) is 2.95. The molecule has 0 aliphatic heterocycles. The lowest BCUT2D eigenvalue weighted by Crippen LogP contribution is -2.54. The second-order valence-corrected chi connectivity index (χ2v) is 9.84. The molecule has 1 aromatic rings. The van der Waals surface area contributed by atoms with Gasteiger partial charge in [0, 0.05) is 25.7 Å². The number of amides is 1. The molecular weight excluding hydrogens is 490 g/mol. The third-order valence-corrected chi connectivity index (χ3v) is 5.88. The van der Waals surface area contributed by atoms with Gasteiger partial charge in [0.25, 0.3) is 6.47 Å². The predicted octanol–water partition coefficient (Wildman–Crippen LogP) is 4.70. The number of esters is 1. The number of nitrogens with one attached hydrogen (secondary N) is 2. The number of ether oxygens (including phenoxy) is 4. The lowest BCUT2D eigenvalue weighted by Gasteiger charge is -2.36. The Kier molecular flexibility index (Phi) is 14.1. The second-order valence-electron chi connectivity index (χ2n) is 9.84. The molecule has 0 aliphatic rings. The number of hydrogen-bond acceptors (Lipinski definition) is 7. The van der Waals surface area contributed by atoms with Crippen LogP contribution in [0, 0.1) is 0 Å². The molecule has 1 aromatic carbocycles. The van der Waals surface area contributed by atoms with Crippen molar-refractivity contribution in [2.45, 2.75) is 77.0 Å². The van der Waals surface area contributed by atoms with E-state index < -0.39 is 29.2 Å². The molecule has 1 unspecified atom stereocenters. The summed E-state index contributed by atoms with van der Waals surface area (Å²) in [4.78, 5) is 40.0. The van der Waals surface area contributed by atoms with E-state index >= 15 is 0 Å². The predicted molar refractivity (Wildman–Crippen MR) is 146 cm³/mol. The van der Waals surface area contributed by atoms with Gasteiger partial charge in [-0.25, -0.2) is 9.59 Å². The van der Waals surface area contributed by atoms with Crippen molar-refractivity contribution in [2.75, 3.05) is 27.4 Å². The Balaban J connectivity index is 3.50. The van der Waals surface area contributed by atoms with Crippen molar-refractivity contribution < 1.29 is 33.3 Å². The number of methoxy groups -OCH3 is 2. The number of carbonyl (C=O) groups is 3. The molecule has 10 heteroatoms. The van der Waals surface area contributed by atoms with Crippen molar-refractivity contribution in [3.8, 4) is 0 Å².